The molecule has 23 heavy (non-hydrogen) atoms. The molecule has 0 aliphatic rings. The highest BCUT2D eigenvalue weighted by molar-refractivity contribution is 5.92. The molecule has 3 aromatic rings. The summed E-state index contributed by atoms with van der Waals surface area (Å²) in [5.41, 5.74) is 2.42. The molecule has 0 spiro atoms. The van der Waals surface area contributed by atoms with Gasteiger partial charge in [-0.05, 0) is 31.2 Å². The van der Waals surface area contributed by atoms with Crippen molar-refractivity contribution in [3.63, 3.8) is 0 Å². The van der Waals surface area contributed by atoms with Crippen LogP contribution in [0.25, 0.3) is 10.9 Å². The van der Waals surface area contributed by atoms with E-state index in [1.54, 1.807) is 24.3 Å². The summed E-state index contributed by atoms with van der Waals surface area (Å²) in [6.07, 6.45) is 1.22. The molecule has 5 heteroatoms. The van der Waals surface area contributed by atoms with Gasteiger partial charge in [0.05, 0.1) is 0 Å². The molecule has 118 valence electrons. The zero-order valence-electron chi connectivity index (χ0n) is 13.0. The highest BCUT2D eigenvalue weighted by atomic mass is 16.4. The molecule has 0 saturated carbocycles. The monoisotopic (exact) mass is 310 g/mol. The van der Waals surface area contributed by atoms with Crippen molar-refractivity contribution in [1.29, 1.82) is 0 Å². The van der Waals surface area contributed by atoms with Crippen LogP contribution in [0.15, 0.2) is 59.5 Å². The Morgan fingerprint density at radius 1 is 1.09 bits per heavy atom. The van der Waals surface area contributed by atoms with Crippen LogP contribution in [0.3, 0.4) is 0 Å². The predicted molar refractivity (Wildman–Crippen MR) is 92.3 cm³/mol. The summed E-state index contributed by atoms with van der Waals surface area (Å²) in [5, 5.41) is 12.2. The molecule has 2 aromatic carbocycles. The maximum absolute atomic E-state index is 11.6. The van der Waals surface area contributed by atoms with Crippen LogP contribution in [0.4, 0.5) is 5.69 Å². The van der Waals surface area contributed by atoms with Crippen LogP contribution in [0.1, 0.15) is 15.9 Å². The second-order valence-corrected chi connectivity index (χ2v) is 5.00. The fraction of sp³-hybridized carbons (Fsp3) is 0.111. The molecule has 0 fully saturated rings. The molecular formula is C18H18N2O3. The molecular weight excluding hydrogens is 292 g/mol. The molecule has 1 aromatic heterocycles. The number of fused-ring (bicyclic) bond motifs is 1. The first-order chi connectivity index (χ1) is 11.0. The second-order valence-electron chi connectivity index (χ2n) is 5.00. The van der Waals surface area contributed by atoms with Crippen molar-refractivity contribution in [3.05, 3.63) is 76.1 Å². The van der Waals surface area contributed by atoms with Gasteiger partial charge >= 0.3 is 5.97 Å². The largest absolute Gasteiger partial charge is 0.477 e. The number of anilines is 1. The highest BCUT2D eigenvalue weighted by Gasteiger charge is 2.10. The van der Waals surface area contributed by atoms with Crippen molar-refractivity contribution in [2.24, 2.45) is 0 Å². The zero-order chi connectivity index (χ0) is 16.8. The fourth-order valence-corrected chi connectivity index (χ4v) is 2.05. The van der Waals surface area contributed by atoms with Crippen LogP contribution in [0, 0.1) is 6.92 Å². The molecule has 0 atom stereocenters. The molecule has 0 amide bonds. The Bertz CT molecular complexity index is 867. The number of aryl methyl sites for hydroxylation is 1. The Morgan fingerprint density at radius 2 is 1.74 bits per heavy atom. The minimum absolute atomic E-state index is 0.233. The fourth-order valence-electron chi connectivity index (χ4n) is 2.05. The number of carboxylic acid groups (broad SMARTS) is 1. The Kier molecular flexibility index (Phi) is 5.15. The highest BCUT2D eigenvalue weighted by Crippen LogP contribution is 2.07. The van der Waals surface area contributed by atoms with Gasteiger partial charge in [0.15, 0.2) is 0 Å². The number of aromatic nitrogens is 1. The van der Waals surface area contributed by atoms with E-state index >= 15 is 0 Å². The maximum atomic E-state index is 11.6. The van der Waals surface area contributed by atoms with Crippen molar-refractivity contribution in [3.8, 4) is 0 Å². The number of carboxylic acids is 1. The zero-order valence-corrected chi connectivity index (χ0v) is 13.0. The van der Waals surface area contributed by atoms with Gasteiger partial charge < -0.3 is 15.4 Å². The summed E-state index contributed by atoms with van der Waals surface area (Å²) in [7, 11) is 1.92. The average Bonchev–Trinajstić information content (AvgIpc) is 2.56. The van der Waals surface area contributed by atoms with Gasteiger partial charge in [-0.1, -0.05) is 29.8 Å². The lowest BCUT2D eigenvalue weighted by Gasteiger charge is -1.98. The number of benzene rings is 2. The summed E-state index contributed by atoms with van der Waals surface area (Å²) in [6, 6.07) is 15.1. The second kappa shape index (κ2) is 7.26. The van der Waals surface area contributed by atoms with Gasteiger partial charge in [0.1, 0.15) is 5.56 Å². The smallest absolute Gasteiger partial charge is 0.341 e. The first kappa shape index (κ1) is 16.3. The summed E-state index contributed by atoms with van der Waals surface area (Å²) in [5.74, 6) is -1.21. The van der Waals surface area contributed by atoms with Crippen LogP contribution in [-0.2, 0) is 0 Å². The van der Waals surface area contributed by atoms with Gasteiger partial charge in [-0.15, -0.1) is 0 Å². The lowest BCUT2D eigenvalue weighted by atomic mass is 10.1. The minimum Gasteiger partial charge on any atom is -0.477 e. The van der Waals surface area contributed by atoms with Gasteiger partial charge in [-0.2, -0.15) is 0 Å². The third kappa shape index (κ3) is 3.97. The molecule has 0 aliphatic carbocycles. The molecule has 5 nitrogen and oxygen atoms in total. The Balaban J connectivity index is 0.000000185. The number of H-pyrrole nitrogens is 1. The lowest BCUT2D eigenvalue weighted by molar-refractivity contribution is 0.0695. The van der Waals surface area contributed by atoms with E-state index in [1.807, 2.05) is 7.05 Å². The van der Waals surface area contributed by atoms with Crippen LogP contribution in [0.5, 0.6) is 0 Å². The normalized spacial score (nSPS) is 9.83. The van der Waals surface area contributed by atoms with Crippen LogP contribution >= 0.6 is 0 Å². The maximum Gasteiger partial charge on any atom is 0.341 e. The number of aromatic carboxylic acids is 1. The summed E-state index contributed by atoms with van der Waals surface area (Å²) in [4.78, 5) is 25.0. The number of nitrogens with one attached hydrogen (secondary N) is 2. The van der Waals surface area contributed by atoms with Crippen LogP contribution < -0.4 is 10.7 Å². The lowest BCUT2D eigenvalue weighted by Crippen LogP contribution is -2.14. The third-order valence-corrected chi connectivity index (χ3v) is 3.36. The number of carbonyl (C=O) groups is 1. The standard InChI is InChI=1S/C10H7NO3.C8H11N/c12-9-6-3-1-2-4-8(6)11-5-7(9)10(13)14;1-7-3-5-8(9-2)6-4-7/h1-5H,(H,11,12)(H,13,14);3-6,9H,1-2H3. The Labute approximate surface area is 133 Å². The van der Waals surface area contributed by atoms with E-state index in [9.17, 15) is 9.59 Å². The quantitative estimate of drug-likeness (QED) is 0.678. The number of hydrogen-bond acceptors (Lipinski definition) is 3. The van der Waals surface area contributed by atoms with Gasteiger partial charge in [-0.25, -0.2) is 4.79 Å². The van der Waals surface area contributed by atoms with E-state index < -0.39 is 11.4 Å². The van der Waals surface area contributed by atoms with E-state index in [-0.39, 0.29) is 5.56 Å². The van der Waals surface area contributed by atoms with Gasteiger partial charge in [0.2, 0.25) is 5.43 Å². The Hall–Kier alpha value is -3.08. The number of pyridine rings is 1. The SMILES string of the molecule is CNc1ccc(C)cc1.O=C(O)c1c[nH]c2ccccc2c1=O. The van der Waals surface area contributed by atoms with E-state index in [4.69, 9.17) is 5.11 Å². The van der Waals surface area contributed by atoms with E-state index in [0.29, 0.717) is 10.9 Å². The van der Waals surface area contributed by atoms with Gasteiger partial charge in [-0.3, -0.25) is 4.79 Å². The molecule has 3 rings (SSSR count). The van der Waals surface area contributed by atoms with Gasteiger partial charge in [0, 0.05) is 29.8 Å². The third-order valence-electron chi connectivity index (χ3n) is 3.36. The van der Waals surface area contributed by atoms with Crippen molar-refractivity contribution in [1.82, 2.24) is 4.98 Å². The summed E-state index contributed by atoms with van der Waals surface area (Å²) < 4.78 is 0. The number of para-hydroxylation sites is 1. The predicted octanol–water partition coefficient (Wildman–Crippen LogP) is 3.26. The topological polar surface area (TPSA) is 82.2 Å². The van der Waals surface area contributed by atoms with E-state index in [1.165, 1.54) is 17.4 Å². The molecule has 3 N–H and O–H groups in total. The van der Waals surface area contributed by atoms with E-state index in [0.717, 1.165) is 0 Å². The minimum atomic E-state index is -1.21. The molecule has 0 saturated heterocycles. The summed E-state index contributed by atoms with van der Waals surface area (Å²) >= 11 is 0. The first-order valence-electron chi connectivity index (χ1n) is 7.11. The van der Waals surface area contributed by atoms with Crippen molar-refractivity contribution < 1.29 is 9.90 Å². The summed E-state index contributed by atoms with van der Waals surface area (Å²) in [6.45, 7) is 2.08. The average molecular weight is 310 g/mol. The number of aromatic amines is 1. The first-order valence-corrected chi connectivity index (χ1v) is 7.11. The molecule has 0 unspecified atom stereocenters. The van der Waals surface area contributed by atoms with Crippen molar-refractivity contribution in [2.45, 2.75) is 6.92 Å². The number of rotatable bonds is 2. The molecule has 0 aliphatic heterocycles. The Morgan fingerprint density at radius 3 is 2.35 bits per heavy atom. The molecule has 1 heterocycles. The van der Waals surface area contributed by atoms with Crippen molar-refractivity contribution >= 4 is 22.6 Å². The van der Waals surface area contributed by atoms with E-state index in [2.05, 4.69) is 41.5 Å². The van der Waals surface area contributed by atoms with Gasteiger partial charge in [0.25, 0.3) is 0 Å². The van der Waals surface area contributed by atoms with Crippen LogP contribution in [-0.4, -0.2) is 23.1 Å². The van der Waals surface area contributed by atoms with Crippen molar-refractivity contribution in [2.75, 3.05) is 12.4 Å². The molecule has 0 radical (unpaired) electrons. The molecule has 0 bridgehead atoms. The number of hydrogen-bond donors (Lipinski definition) is 3. The van der Waals surface area contributed by atoms with Crippen LogP contribution in [0.2, 0.25) is 0 Å².